The molecule has 0 aliphatic heterocycles. The lowest BCUT2D eigenvalue weighted by Gasteiger charge is -2.22. The molecule has 0 aromatic carbocycles. The number of aliphatic hydroxyl groups is 1. The number of phosphoric ester groups is 1. The molecular formula is C8H17Cl2O5P. The van der Waals surface area contributed by atoms with Gasteiger partial charge in [-0.3, -0.25) is 13.6 Å². The summed E-state index contributed by atoms with van der Waals surface area (Å²) in [5.41, 5.74) is 0. The summed E-state index contributed by atoms with van der Waals surface area (Å²) in [5.74, 6) is 0.316. The van der Waals surface area contributed by atoms with Crippen molar-refractivity contribution in [2.75, 3.05) is 25.0 Å². The van der Waals surface area contributed by atoms with Gasteiger partial charge in [0.2, 0.25) is 0 Å². The van der Waals surface area contributed by atoms with Crippen molar-refractivity contribution in [2.24, 2.45) is 0 Å². The summed E-state index contributed by atoms with van der Waals surface area (Å²) >= 11 is 11.1. The van der Waals surface area contributed by atoms with Gasteiger partial charge < -0.3 is 5.11 Å². The maximum absolute atomic E-state index is 12.0. The van der Waals surface area contributed by atoms with Crippen LogP contribution in [0, 0.1) is 0 Å². The Balaban J connectivity index is 4.41. The van der Waals surface area contributed by atoms with E-state index in [-0.39, 0.29) is 25.0 Å². The average molecular weight is 295 g/mol. The van der Waals surface area contributed by atoms with Crippen LogP contribution in [0.3, 0.4) is 0 Å². The van der Waals surface area contributed by atoms with Crippen LogP contribution in [0.2, 0.25) is 0 Å². The Morgan fingerprint density at radius 3 is 1.94 bits per heavy atom. The molecule has 0 aliphatic carbocycles. The number of phosphoric acid groups is 1. The number of alkyl halides is 2. The number of aliphatic hydroxyl groups excluding tert-OH is 1. The minimum atomic E-state index is -3.71. The Labute approximate surface area is 106 Å². The second-order valence-electron chi connectivity index (χ2n) is 3.14. The van der Waals surface area contributed by atoms with Crippen molar-refractivity contribution in [1.29, 1.82) is 0 Å². The lowest BCUT2D eigenvalue weighted by atomic mass is 10.5. The molecule has 0 rings (SSSR count). The van der Waals surface area contributed by atoms with Crippen LogP contribution in [0.1, 0.15) is 13.8 Å². The molecule has 2 atom stereocenters. The largest absolute Gasteiger partial charge is 0.475 e. The minimum absolute atomic E-state index is 0.138. The van der Waals surface area contributed by atoms with Crippen LogP contribution in [0.25, 0.3) is 0 Å². The Morgan fingerprint density at radius 1 is 1.19 bits per heavy atom. The van der Waals surface area contributed by atoms with Gasteiger partial charge in [0.1, 0.15) is 0 Å². The van der Waals surface area contributed by atoms with Crippen LogP contribution in [0.4, 0.5) is 0 Å². The topological polar surface area (TPSA) is 65.0 Å². The molecule has 0 saturated carbocycles. The highest BCUT2D eigenvalue weighted by molar-refractivity contribution is 7.48. The summed E-state index contributed by atoms with van der Waals surface area (Å²) in [6, 6.07) is 0. The van der Waals surface area contributed by atoms with E-state index in [0.717, 1.165) is 0 Å². The van der Waals surface area contributed by atoms with E-state index < -0.39 is 20.0 Å². The van der Waals surface area contributed by atoms with E-state index in [0.29, 0.717) is 0 Å². The smallest absolute Gasteiger partial charge is 0.394 e. The standard InChI is InChI=1S/C8H17Cl2O5P/c1-7(5-9)14-16(12,13-4-3-11)15-8(2)6-10/h7-8,11H,3-6H2,1-2H3. The predicted octanol–water partition coefficient (Wildman–Crippen LogP) is 2.39. The molecule has 0 bridgehead atoms. The van der Waals surface area contributed by atoms with E-state index >= 15 is 0 Å². The van der Waals surface area contributed by atoms with Crippen molar-refractivity contribution in [3.8, 4) is 0 Å². The van der Waals surface area contributed by atoms with Crippen LogP contribution < -0.4 is 0 Å². The SMILES string of the molecule is CC(CCl)OP(=O)(OCCO)OC(C)CCl. The van der Waals surface area contributed by atoms with Crippen molar-refractivity contribution in [2.45, 2.75) is 26.1 Å². The molecule has 98 valence electrons. The molecule has 0 aromatic rings. The van der Waals surface area contributed by atoms with Gasteiger partial charge in [-0.25, -0.2) is 4.57 Å². The first kappa shape index (κ1) is 16.6. The fourth-order valence-corrected chi connectivity index (χ4v) is 2.54. The Morgan fingerprint density at radius 2 is 1.62 bits per heavy atom. The first-order chi connectivity index (χ1) is 7.47. The fourth-order valence-electron chi connectivity index (χ4n) is 0.735. The van der Waals surface area contributed by atoms with E-state index in [4.69, 9.17) is 41.9 Å². The zero-order valence-corrected chi connectivity index (χ0v) is 11.7. The monoisotopic (exact) mass is 294 g/mol. The summed E-state index contributed by atoms with van der Waals surface area (Å²) in [7, 11) is -3.71. The first-order valence-corrected chi connectivity index (χ1v) is 7.34. The maximum atomic E-state index is 12.0. The summed E-state index contributed by atoms with van der Waals surface area (Å²) in [6.07, 6.45) is -0.956. The van der Waals surface area contributed by atoms with Crippen molar-refractivity contribution >= 4 is 31.0 Å². The van der Waals surface area contributed by atoms with Crippen LogP contribution in [0.15, 0.2) is 0 Å². The molecule has 0 amide bonds. The van der Waals surface area contributed by atoms with Gasteiger partial charge in [0.15, 0.2) is 0 Å². The van der Waals surface area contributed by atoms with Gasteiger partial charge in [-0.2, -0.15) is 0 Å². The predicted molar refractivity (Wildman–Crippen MR) is 63.2 cm³/mol. The first-order valence-electron chi connectivity index (χ1n) is 4.81. The number of rotatable bonds is 9. The van der Waals surface area contributed by atoms with Gasteiger partial charge in [0.05, 0.1) is 25.4 Å². The van der Waals surface area contributed by atoms with E-state index in [1.165, 1.54) is 0 Å². The average Bonchev–Trinajstić information content (AvgIpc) is 2.25. The molecule has 0 spiro atoms. The van der Waals surface area contributed by atoms with Crippen molar-refractivity contribution in [3.63, 3.8) is 0 Å². The van der Waals surface area contributed by atoms with Crippen LogP contribution in [-0.4, -0.2) is 42.3 Å². The van der Waals surface area contributed by atoms with Gasteiger partial charge in [-0.1, -0.05) is 0 Å². The molecular weight excluding hydrogens is 278 g/mol. The van der Waals surface area contributed by atoms with Crippen molar-refractivity contribution < 1.29 is 23.2 Å². The quantitative estimate of drug-likeness (QED) is 0.522. The lowest BCUT2D eigenvalue weighted by Crippen LogP contribution is -2.16. The van der Waals surface area contributed by atoms with Gasteiger partial charge >= 0.3 is 7.82 Å². The molecule has 0 radical (unpaired) electrons. The van der Waals surface area contributed by atoms with Crippen LogP contribution in [-0.2, 0) is 18.1 Å². The molecule has 16 heavy (non-hydrogen) atoms. The summed E-state index contributed by atoms with van der Waals surface area (Å²) in [6.45, 7) is 2.86. The number of halogens is 2. The van der Waals surface area contributed by atoms with Gasteiger partial charge in [0, 0.05) is 11.8 Å². The molecule has 0 saturated heterocycles. The summed E-state index contributed by atoms with van der Waals surface area (Å²) < 4.78 is 27.0. The maximum Gasteiger partial charge on any atom is 0.475 e. The van der Waals surface area contributed by atoms with E-state index in [1.807, 2.05) is 0 Å². The zero-order valence-electron chi connectivity index (χ0n) is 9.27. The van der Waals surface area contributed by atoms with Gasteiger partial charge in [0.25, 0.3) is 0 Å². The molecule has 0 aromatic heterocycles. The van der Waals surface area contributed by atoms with Crippen LogP contribution >= 0.6 is 31.0 Å². The van der Waals surface area contributed by atoms with E-state index in [2.05, 4.69) is 0 Å². The van der Waals surface area contributed by atoms with Crippen molar-refractivity contribution in [3.05, 3.63) is 0 Å². The fraction of sp³-hybridized carbons (Fsp3) is 1.00. The van der Waals surface area contributed by atoms with Gasteiger partial charge in [-0.05, 0) is 13.8 Å². The Hall–Kier alpha value is 0.650. The third-order valence-electron chi connectivity index (χ3n) is 1.39. The summed E-state index contributed by atoms with van der Waals surface area (Å²) in [5, 5.41) is 8.60. The zero-order chi connectivity index (χ0) is 12.6. The third-order valence-corrected chi connectivity index (χ3v) is 4.00. The van der Waals surface area contributed by atoms with Crippen molar-refractivity contribution in [1.82, 2.24) is 0 Å². The molecule has 5 nitrogen and oxygen atoms in total. The van der Waals surface area contributed by atoms with Gasteiger partial charge in [-0.15, -0.1) is 23.2 Å². The highest BCUT2D eigenvalue weighted by Crippen LogP contribution is 2.51. The molecule has 0 fully saturated rings. The number of hydrogen-bond donors (Lipinski definition) is 1. The molecule has 1 N–H and O–H groups in total. The Bertz CT molecular complexity index is 212. The van der Waals surface area contributed by atoms with E-state index in [1.54, 1.807) is 13.8 Å². The molecule has 0 heterocycles. The highest BCUT2D eigenvalue weighted by Gasteiger charge is 2.31. The summed E-state index contributed by atoms with van der Waals surface area (Å²) in [4.78, 5) is 0. The highest BCUT2D eigenvalue weighted by atomic mass is 35.5. The number of hydrogen-bond acceptors (Lipinski definition) is 5. The second kappa shape index (κ2) is 8.70. The Kier molecular flexibility index (Phi) is 9.05. The van der Waals surface area contributed by atoms with Crippen LogP contribution in [0.5, 0.6) is 0 Å². The minimum Gasteiger partial charge on any atom is -0.394 e. The molecule has 2 unspecified atom stereocenters. The van der Waals surface area contributed by atoms with E-state index in [9.17, 15) is 4.57 Å². The third kappa shape index (κ3) is 7.07. The normalized spacial score (nSPS) is 19.1. The lowest BCUT2D eigenvalue weighted by molar-refractivity contribution is 0.0635. The molecule has 0 aliphatic rings. The second-order valence-corrected chi connectivity index (χ2v) is 5.34. The molecule has 8 heteroatoms.